The summed E-state index contributed by atoms with van der Waals surface area (Å²) in [4.78, 5) is 6.82. The number of nitriles is 1. The predicted molar refractivity (Wildman–Crippen MR) is 59.3 cm³/mol. The van der Waals surface area contributed by atoms with Crippen LogP contribution in [-0.2, 0) is 6.42 Å². The highest BCUT2D eigenvalue weighted by Gasteiger charge is 2.08. The summed E-state index contributed by atoms with van der Waals surface area (Å²) >= 11 is 0. The van der Waals surface area contributed by atoms with Crippen molar-refractivity contribution in [3.05, 3.63) is 53.6 Å². The van der Waals surface area contributed by atoms with Crippen molar-refractivity contribution in [1.29, 1.82) is 5.26 Å². The van der Waals surface area contributed by atoms with Crippen LogP contribution in [0.5, 0.6) is 0 Å². The number of imidazole rings is 1. The lowest BCUT2D eigenvalue weighted by Gasteiger charge is -2.08. The molecule has 79 valence electrons. The van der Waals surface area contributed by atoms with Crippen LogP contribution >= 0.6 is 0 Å². The number of hydrogen-bond acceptors (Lipinski definition) is 2. The third kappa shape index (κ3) is 2.27. The molecule has 0 spiro atoms. The Labute approximate surface area is 93.7 Å². The number of rotatable bonds is 3. The first-order valence-electron chi connectivity index (χ1n) is 4.98. The second-order valence-corrected chi connectivity index (χ2v) is 3.57. The van der Waals surface area contributed by atoms with Crippen LogP contribution in [0.1, 0.15) is 22.9 Å². The molecule has 2 N–H and O–H groups in total. The second kappa shape index (κ2) is 4.60. The molecule has 0 aliphatic rings. The highest BCUT2D eigenvalue weighted by Crippen LogP contribution is 2.15. The Balaban J connectivity index is 2.07. The average Bonchev–Trinajstić information content (AvgIpc) is 2.83. The number of nitrogens with zero attached hydrogens (tertiary/aromatic N) is 2. The largest absolute Gasteiger partial charge is 0.347 e. The molecule has 0 saturated heterocycles. The molecule has 1 heterocycles. The van der Waals surface area contributed by atoms with Gasteiger partial charge in [-0.1, -0.05) is 12.1 Å². The SMILES string of the molecule is N#Cc1ccc(CC([NH])c2cnc[nH]2)cc1. The molecule has 2 aromatic rings. The van der Waals surface area contributed by atoms with Crippen LogP contribution in [0.3, 0.4) is 0 Å². The molecular weight excluding hydrogens is 200 g/mol. The Morgan fingerprint density at radius 1 is 1.38 bits per heavy atom. The zero-order valence-corrected chi connectivity index (χ0v) is 8.64. The van der Waals surface area contributed by atoms with Gasteiger partial charge in [-0.15, -0.1) is 0 Å². The van der Waals surface area contributed by atoms with E-state index in [0.717, 1.165) is 11.3 Å². The maximum Gasteiger partial charge on any atom is 0.0991 e. The Morgan fingerprint density at radius 2 is 2.12 bits per heavy atom. The van der Waals surface area contributed by atoms with Crippen molar-refractivity contribution in [3.63, 3.8) is 0 Å². The van der Waals surface area contributed by atoms with Gasteiger partial charge in [-0.3, -0.25) is 0 Å². The maximum absolute atomic E-state index is 8.66. The van der Waals surface area contributed by atoms with E-state index in [1.165, 1.54) is 0 Å². The van der Waals surface area contributed by atoms with Gasteiger partial charge in [0.25, 0.3) is 0 Å². The number of H-pyrrole nitrogens is 1. The molecule has 1 aromatic heterocycles. The van der Waals surface area contributed by atoms with Gasteiger partial charge < -0.3 is 4.98 Å². The molecule has 0 bridgehead atoms. The summed E-state index contributed by atoms with van der Waals surface area (Å²) in [6, 6.07) is 9.05. The van der Waals surface area contributed by atoms with E-state index in [4.69, 9.17) is 11.0 Å². The van der Waals surface area contributed by atoms with Crippen molar-refractivity contribution in [2.45, 2.75) is 12.5 Å². The molecule has 0 aliphatic heterocycles. The fourth-order valence-corrected chi connectivity index (χ4v) is 1.52. The highest BCUT2D eigenvalue weighted by molar-refractivity contribution is 5.32. The molecule has 0 saturated carbocycles. The van der Waals surface area contributed by atoms with Crippen molar-refractivity contribution in [2.24, 2.45) is 0 Å². The number of nitrogens with one attached hydrogen (secondary N) is 2. The zero-order valence-electron chi connectivity index (χ0n) is 8.64. The third-order valence-corrected chi connectivity index (χ3v) is 2.42. The topological polar surface area (TPSA) is 76.3 Å². The Bertz CT molecular complexity index is 479. The highest BCUT2D eigenvalue weighted by atomic mass is 14.9. The quantitative estimate of drug-likeness (QED) is 0.841. The fraction of sp³-hybridized carbons (Fsp3) is 0.167. The van der Waals surface area contributed by atoms with Gasteiger partial charge in [0, 0.05) is 6.20 Å². The molecule has 0 fully saturated rings. The Kier molecular flexibility index (Phi) is 2.99. The normalized spacial score (nSPS) is 12.0. The summed E-state index contributed by atoms with van der Waals surface area (Å²) in [5.41, 5.74) is 10.4. The molecule has 0 amide bonds. The van der Waals surface area contributed by atoms with Gasteiger partial charge in [-0.25, -0.2) is 10.7 Å². The van der Waals surface area contributed by atoms with E-state index >= 15 is 0 Å². The summed E-state index contributed by atoms with van der Waals surface area (Å²) < 4.78 is 0. The van der Waals surface area contributed by atoms with Crippen molar-refractivity contribution in [2.75, 3.05) is 0 Å². The van der Waals surface area contributed by atoms with E-state index in [-0.39, 0.29) is 6.04 Å². The van der Waals surface area contributed by atoms with Crippen molar-refractivity contribution >= 4 is 0 Å². The van der Waals surface area contributed by atoms with Crippen LogP contribution in [0.2, 0.25) is 0 Å². The molecule has 16 heavy (non-hydrogen) atoms. The first kappa shape index (κ1) is 10.4. The lowest BCUT2D eigenvalue weighted by Crippen LogP contribution is -2.04. The van der Waals surface area contributed by atoms with Crippen molar-refractivity contribution < 1.29 is 0 Å². The van der Waals surface area contributed by atoms with Crippen LogP contribution in [0.15, 0.2) is 36.8 Å². The Hall–Kier alpha value is -2.12. The van der Waals surface area contributed by atoms with Crippen molar-refractivity contribution in [1.82, 2.24) is 15.7 Å². The van der Waals surface area contributed by atoms with E-state index in [9.17, 15) is 0 Å². The minimum atomic E-state index is -0.338. The summed E-state index contributed by atoms with van der Waals surface area (Å²) in [6.45, 7) is 0. The molecular formula is C12H11N4. The molecule has 4 nitrogen and oxygen atoms in total. The number of aromatic amines is 1. The summed E-state index contributed by atoms with van der Waals surface area (Å²) in [6.07, 6.45) is 3.87. The number of hydrogen-bond donors (Lipinski definition) is 1. The molecule has 1 radical (unpaired) electrons. The molecule has 0 aliphatic carbocycles. The third-order valence-electron chi connectivity index (χ3n) is 2.42. The summed E-state index contributed by atoms with van der Waals surface area (Å²) in [7, 11) is 0. The van der Waals surface area contributed by atoms with Gasteiger partial charge in [0.1, 0.15) is 0 Å². The molecule has 2 rings (SSSR count). The van der Waals surface area contributed by atoms with Crippen LogP contribution in [0.4, 0.5) is 0 Å². The minimum Gasteiger partial charge on any atom is -0.347 e. The van der Waals surface area contributed by atoms with Gasteiger partial charge in [-0.2, -0.15) is 5.26 Å². The fourth-order valence-electron chi connectivity index (χ4n) is 1.52. The van der Waals surface area contributed by atoms with Gasteiger partial charge in [-0.05, 0) is 24.1 Å². The second-order valence-electron chi connectivity index (χ2n) is 3.57. The zero-order chi connectivity index (χ0) is 11.4. The smallest absolute Gasteiger partial charge is 0.0991 e. The molecule has 1 aromatic carbocycles. The standard InChI is InChI=1S/C12H11N4/c13-6-10-3-1-9(2-4-10)5-11(14)12-7-15-8-16-12/h1-4,7-8,11,14H,5H2,(H,15,16). The van der Waals surface area contributed by atoms with Gasteiger partial charge in [0.2, 0.25) is 0 Å². The Morgan fingerprint density at radius 3 is 2.69 bits per heavy atom. The molecule has 4 heteroatoms. The van der Waals surface area contributed by atoms with Crippen molar-refractivity contribution in [3.8, 4) is 6.07 Å². The number of aromatic nitrogens is 2. The van der Waals surface area contributed by atoms with E-state index in [1.807, 2.05) is 12.1 Å². The predicted octanol–water partition coefficient (Wildman–Crippen LogP) is 1.85. The van der Waals surface area contributed by atoms with Crippen LogP contribution < -0.4 is 5.73 Å². The van der Waals surface area contributed by atoms with Crippen LogP contribution in [0, 0.1) is 11.3 Å². The molecule has 1 unspecified atom stereocenters. The van der Waals surface area contributed by atoms with E-state index < -0.39 is 0 Å². The number of benzene rings is 1. The monoisotopic (exact) mass is 211 g/mol. The lowest BCUT2D eigenvalue weighted by molar-refractivity contribution is 0.679. The summed E-state index contributed by atoms with van der Waals surface area (Å²) in [5, 5.41) is 8.66. The minimum absolute atomic E-state index is 0.338. The average molecular weight is 211 g/mol. The van der Waals surface area contributed by atoms with Crippen LogP contribution in [0.25, 0.3) is 0 Å². The molecule has 1 atom stereocenters. The van der Waals surface area contributed by atoms with Gasteiger partial charge in [0.15, 0.2) is 0 Å². The van der Waals surface area contributed by atoms with E-state index in [1.54, 1.807) is 24.7 Å². The van der Waals surface area contributed by atoms with E-state index in [0.29, 0.717) is 12.0 Å². The van der Waals surface area contributed by atoms with E-state index in [2.05, 4.69) is 16.0 Å². The van der Waals surface area contributed by atoms with Crippen LogP contribution in [-0.4, -0.2) is 9.97 Å². The first-order chi connectivity index (χ1) is 7.79. The van der Waals surface area contributed by atoms with Gasteiger partial charge >= 0.3 is 0 Å². The van der Waals surface area contributed by atoms with Gasteiger partial charge in [0.05, 0.1) is 29.7 Å². The summed E-state index contributed by atoms with van der Waals surface area (Å²) in [5.74, 6) is 0. The first-order valence-corrected chi connectivity index (χ1v) is 4.98. The lowest BCUT2D eigenvalue weighted by atomic mass is 10.0. The maximum atomic E-state index is 8.66.